The zero-order valence-electron chi connectivity index (χ0n) is 9.98. The molecular formula is C9H24NOSi2. The summed E-state index contributed by atoms with van der Waals surface area (Å²) >= 11 is 0. The first-order chi connectivity index (χ1) is 5.83. The molecule has 0 fully saturated rings. The van der Waals surface area contributed by atoms with Gasteiger partial charge in [0.05, 0.1) is 0 Å². The highest BCUT2D eigenvalue weighted by atomic mass is 28.4. The number of rotatable bonds is 6. The van der Waals surface area contributed by atoms with Crippen molar-refractivity contribution >= 4 is 17.4 Å². The van der Waals surface area contributed by atoms with Crippen LogP contribution in [0, 0.1) is 0 Å². The molecule has 0 aliphatic rings. The Morgan fingerprint density at radius 2 is 1.77 bits per heavy atom. The normalized spacial score (nSPS) is 12.9. The molecule has 1 radical (unpaired) electrons. The molecule has 0 rings (SSSR count). The maximum atomic E-state index is 6.04. The van der Waals surface area contributed by atoms with Crippen LogP contribution in [-0.4, -0.2) is 42.9 Å². The quantitative estimate of drug-likeness (QED) is 0.635. The molecule has 0 atom stereocenters. The number of nitrogens with zero attached hydrogens (tertiary/aromatic N) is 1. The van der Waals surface area contributed by atoms with Gasteiger partial charge in [0.15, 0.2) is 17.4 Å². The molecule has 0 unspecified atom stereocenters. The predicted molar refractivity (Wildman–Crippen MR) is 64.0 cm³/mol. The molecule has 0 aliphatic heterocycles. The van der Waals surface area contributed by atoms with E-state index in [0.29, 0.717) is 0 Å². The summed E-state index contributed by atoms with van der Waals surface area (Å²) in [7, 11) is 2.45. The van der Waals surface area contributed by atoms with Gasteiger partial charge in [0.2, 0.25) is 0 Å². The van der Waals surface area contributed by atoms with Crippen LogP contribution >= 0.6 is 0 Å². The lowest BCUT2D eigenvalue weighted by atomic mass is 10.5. The molecular weight excluding hydrogens is 194 g/mol. The van der Waals surface area contributed by atoms with Gasteiger partial charge >= 0.3 is 0 Å². The van der Waals surface area contributed by atoms with Crippen molar-refractivity contribution in [3.05, 3.63) is 0 Å². The molecule has 13 heavy (non-hydrogen) atoms. The standard InChI is InChI=1S/C9H24NOSi2/c1-10(2)8-7-9-13(5,6)11-12(3)4/h7-9H2,1-6H3. The minimum atomic E-state index is -1.31. The molecule has 0 heterocycles. The third kappa shape index (κ3) is 8.68. The Hall–Kier alpha value is 0.354. The minimum Gasteiger partial charge on any atom is -0.456 e. The van der Waals surface area contributed by atoms with Gasteiger partial charge in [0.25, 0.3) is 0 Å². The lowest BCUT2D eigenvalue weighted by molar-refractivity contribution is 0.404. The van der Waals surface area contributed by atoms with Crippen LogP contribution in [0.4, 0.5) is 0 Å². The summed E-state index contributed by atoms with van der Waals surface area (Å²) in [6, 6.07) is 1.29. The third-order valence-corrected chi connectivity index (χ3v) is 7.27. The Morgan fingerprint density at radius 1 is 1.23 bits per heavy atom. The fourth-order valence-electron chi connectivity index (χ4n) is 1.42. The predicted octanol–water partition coefficient (Wildman–Crippen LogP) is 2.41. The minimum absolute atomic E-state index is 0.493. The molecule has 0 aromatic heterocycles. The molecule has 0 amide bonds. The zero-order valence-corrected chi connectivity index (χ0v) is 12.0. The maximum Gasteiger partial charge on any atom is 0.191 e. The topological polar surface area (TPSA) is 12.5 Å². The first-order valence-electron chi connectivity index (χ1n) is 4.97. The summed E-state index contributed by atoms with van der Waals surface area (Å²) in [4.78, 5) is 2.24. The van der Waals surface area contributed by atoms with Crippen LogP contribution in [0.1, 0.15) is 6.42 Å². The number of hydrogen-bond donors (Lipinski definition) is 0. The Morgan fingerprint density at radius 3 is 2.15 bits per heavy atom. The number of hydrogen-bond acceptors (Lipinski definition) is 2. The van der Waals surface area contributed by atoms with Gasteiger partial charge in [0.1, 0.15) is 0 Å². The molecule has 0 saturated heterocycles. The molecule has 79 valence electrons. The van der Waals surface area contributed by atoms with E-state index in [0.717, 1.165) is 0 Å². The summed E-state index contributed by atoms with van der Waals surface area (Å²) in [5.74, 6) is 0. The lowest BCUT2D eigenvalue weighted by Gasteiger charge is -2.25. The van der Waals surface area contributed by atoms with E-state index in [9.17, 15) is 0 Å². The van der Waals surface area contributed by atoms with E-state index in [2.05, 4.69) is 45.2 Å². The second-order valence-electron chi connectivity index (χ2n) is 4.68. The van der Waals surface area contributed by atoms with Gasteiger partial charge in [-0.25, -0.2) is 0 Å². The SMILES string of the molecule is CN(C)CCC[Si](C)(C)O[Si](C)C. The highest BCUT2D eigenvalue weighted by molar-refractivity contribution is 6.77. The Balaban J connectivity index is 3.62. The van der Waals surface area contributed by atoms with E-state index in [1.54, 1.807) is 0 Å². The van der Waals surface area contributed by atoms with E-state index in [1.165, 1.54) is 19.0 Å². The van der Waals surface area contributed by atoms with Gasteiger partial charge in [-0.2, -0.15) is 0 Å². The van der Waals surface area contributed by atoms with E-state index >= 15 is 0 Å². The molecule has 0 N–H and O–H groups in total. The van der Waals surface area contributed by atoms with Crippen molar-refractivity contribution in [1.82, 2.24) is 4.90 Å². The van der Waals surface area contributed by atoms with Crippen molar-refractivity contribution in [2.24, 2.45) is 0 Å². The van der Waals surface area contributed by atoms with Crippen molar-refractivity contribution in [1.29, 1.82) is 0 Å². The second kappa shape index (κ2) is 5.95. The average Bonchev–Trinajstić information content (AvgIpc) is 1.81. The van der Waals surface area contributed by atoms with Crippen LogP contribution < -0.4 is 0 Å². The summed E-state index contributed by atoms with van der Waals surface area (Å²) in [5.41, 5.74) is 0. The fourth-order valence-corrected chi connectivity index (χ4v) is 7.26. The van der Waals surface area contributed by atoms with Crippen molar-refractivity contribution in [3.63, 3.8) is 0 Å². The van der Waals surface area contributed by atoms with E-state index in [1.807, 2.05) is 0 Å². The average molecular weight is 218 g/mol. The van der Waals surface area contributed by atoms with Gasteiger partial charge in [-0.05, 0) is 59.3 Å². The fraction of sp³-hybridized carbons (Fsp3) is 1.00. The Labute approximate surface area is 86.1 Å². The van der Waals surface area contributed by atoms with E-state index in [4.69, 9.17) is 4.12 Å². The third-order valence-electron chi connectivity index (χ3n) is 1.86. The molecule has 4 heteroatoms. The molecule has 0 saturated carbocycles. The zero-order chi connectivity index (χ0) is 10.5. The van der Waals surface area contributed by atoms with Crippen LogP contribution in [0.5, 0.6) is 0 Å². The van der Waals surface area contributed by atoms with Crippen LogP contribution in [0.25, 0.3) is 0 Å². The molecule has 2 nitrogen and oxygen atoms in total. The first kappa shape index (κ1) is 13.4. The van der Waals surface area contributed by atoms with Crippen LogP contribution in [0.15, 0.2) is 0 Å². The highest BCUT2D eigenvalue weighted by Gasteiger charge is 2.22. The lowest BCUT2D eigenvalue weighted by Crippen LogP contribution is -2.35. The van der Waals surface area contributed by atoms with E-state index < -0.39 is 17.4 Å². The molecule has 0 aromatic rings. The van der Waals surface area contributed by atoms with Gasteiger partial charge in [-0.1, -0.05) is 0 Å². The van der Waals surface area contributed by atoms with Crippen molar-refractivity contribution in [3.8, 4) is 0 Å². The summed E-state index contributed by atoms with van der Waals surface area (Å²) < 4.78 is 6.04. The smallest absolute Gasteiger partial charge is 0.191 e. The van der Waals surface area contributed by atoms with Gasteiger partial charge in [0, 0.05) is 0 Å². The molecule has 0 spiro atoms. The monoisotopic (exact) mass is 218 g/mol. The molecule has 0 aromatic carbocycles. The Bertz CT molecular complexity index is 138. The summed E-state index contributed by atoms with van der Waals surface area (Å²) in [6.07, 6.45) is 1.28. The molecule has 0 aliphatic carbocycles. The molecule has 0 bridgehead atoms. The summed E-state index contributed by atoms with van der Waals surface area (Å²) in [6.45, 7) is 10.3. The van der Waals surface area contributed by atoms with Gasteiger partial charge < -0.3 is 9.02 Å². The van der Waals surface area contributed by atoms with Gasteiger partial charge in [-0.3, -0.25) is 0 Å². The Kier molecular flexibility index (Phi) is 6.12. The van der Waals surface area contributed by atoms with Crippen molar-refractivity contribution < 1.29 is 4.12 Å². The van der Waals surface area contributed by atoms with Gasteiger partial charge in [-0.15, -0.1) is 0 Å². The van der Waals surface area contributed by atoms with Crippen LogP contribution in [0.2, 0.25) is 32.2 Å². The second-order valence-corrected chi connectivity index (χ2v) is 11.3. The van der Waals surface area contributed by atoms with E-state index in [-0.39, 0.29) is 0 Å². The van der Waals surface area contributed by atoms with Crippen molar-refractivity contribution in [2.45, 2.75) is 38.7 Å². The maximum absolute atomic E-state index is 6.04. The largest absolute Gasteiger partial charge is 0.456 e. The van der Waals surface area contributed by atoms with Crippen molar-refractivity contribution in [2.75, 3.05) is 20.6 Å². The first-order valence-corrected chi connectivity index (χ1v) is 10.5. The highest BCUT2D eigenvalue weighted by Crippen LogP contribution is 2.14. The van der Waals surface area contributed by atoms with Crippen LogP contribution in [0.3, 0.4) is 0 Å². The van der Waals surface area contributed by atoms with Crippen LogP contribution in [-0.2, 0) is 4.12 Å². The summed E-state index contributed by atoms with van der Waals surface area (Å²) in [5, 5.41) is 0.